The highest BCUT2D eigenvalue weighted by Gasteiger charge is 2.33. The van der Waals surface area contributed by atoms with Gasteiger partial charge in [-0.3, -0.25) is 14.4 Å². The summed E-state index contributed by atoms with van der Waals surface area (Å²) in [6, 6.07) is 6.89. The van der Waals surface area contributed by atoms with Crippen molar-refractivity contribution in [3.05, 3.63) is 34.3 Å². The second-order valence-electron chi connectivity index (χ2n) is 7.62. The first-order valence-corrected chi connectivity index (χ1v) is 11.3. The summed E-state index contributed by atoms with van der Waals surface area (Å²) in [5, 5.41) is 10.8. The molecule has 2 aromatic rings. The molecular weight excluding hydrogens is 434 g/mol. The number of piperidine rings is 1. The van der Waals surface area contributed by atoms with Crippen LogP contribution in [-0.2, 0) is 9.53 Å². The van der Waals surface area contributed by atoms with E-state index in [9.17, 15) is 14.4 Å². The van der Waals surface area contributed by atoms with E-state index in [4.69, 9.17) is 9.47 Å². The average molecular weight is 460 g/mol. The monoisotopic (exact) mass is 459 g/mol. The molecule has 2 fully saturated rings. The molecule has 32 heavy (non-hydrogen) atoms. The quantitative estimate of drug-likeness (QED) is 0.721. The van der Waals surface area contributed by atoms with Crippen molar-refractivity contribution < 1.29 is 23.9 Å². The molecule has 0 bridgehead atoms. The lowest BCUT2D eigenvalue weighted by Crippen LogP contribution is -2.49. The van der Waals surface area contributed by atoms with E-state index in [0.29, 0.717) is 50.8 Å². The lowest BCUT2D eigenvalue weighted by atomic mass is 9.96. The average Bonchev–Trinajstić information content (AvgIpc) is 3.35. The topological polar surface area (TPSA) is 114 Å². The van der Waals surface area contributed by atoms with Gasteiger partial charge in [-0.15, -0.1) is 10.2 Å². The fourth-order valence-corrected chi connectivity index (χ4v) is 4.51. The van der Waals surface area contributed by atoms with Crippen LogP contribution in [0.15, 0.2) is 24.3 Å². The molecule has 170 valence electrons. The van der Waals surface area contributed by atoms with Gasteiger partial charge in [0.15, 0.2) is 0 Å². The first kappa shape index (κ1) is 22.2. The number of morpholine rings is 1. The molecule has 2 saturated heterocycles. The summed E-state index contributed by atoms with van der Waals surface area (Å²) in [7, 11) is 1.57. The van der Waals surface area contributed by atoms with Crippen molar-refractivity contribution in [1.82, 2.24) is 20.0 Å². The molecule has 0 unspecified atom stereocenters. The van der Waals surface area contributed by atoms with Gasteiger partial charge < -0.3 is 24.6 Å². The Balaban J connectivity index is 1.36. The first-order valence-electron chi connectivity index (χ1n) is 10.5. The van der Waals surface area contributed by atoms with Crippen LogP contribution in [-0.4, -0.2) is 84.2 Å². The van der Waals surface area contributed by atoms with E-state index in [-0.39, 0.29) is 27.7 Å². The summed E-state index contributed by atoms with van der Waals surface area (Å²) >= 11 is 0.945. The zero-order valence-corrected chi connectivity index (χ0v) is 18.6. The standard InChI is InChI=1S/C21H25N5O5S/c1-30-16-6-4-15(5-7-16)22-17(27)18-23-24-19(32-18)21(29)26-8-2-3-14(13-26)20(28)25-9-11-31-12-10-25/h4-7,14H,2-3,8-13H2,1H3,(H,22,27)/t14-/m0/s1. The molecule has 3 heterocycles. The SMILES string of the molecule is COc1ccc(NC(=O)c2nnc(C(=O)N3CCC[C@H](C(=O)N4CCOCC4)C3)s2)cc1. The highest BCUT2D eigenvalue weighted by molar-refractivity contribution is 7.15. The number of benzene rings is 1. The summed E-state index contributed by atoms with van der Waals surface area (Å²) < 4.78 is 10.4. The molecular formula is C21H25N5O5S. The van der Waals surface area contributed by atoms with Crippen LogP contribution in [0.3, 0.4) is 0 Å². The van der Waals surface area contributed by atoms with Gasteiger partial charge in [0.1, 0.15) is 5.75 Å². The number of aromatic nitrogens is 2. The molecule has 10 nitrogen and oxygen atoms in total. The smallest absolute Gasteiger partial charge is 0.286 e. The molecule has 3 amide bonds. The normalized spacial score (nSPS) is 18.8. The molecule has 2 aliphatic rings. The van der Waals surface area contributed by atoms with E-state index >= 15 is 0 Å². The number of hydrogen-bond donors (Lipinski definition) is 1. The van der Waals surface area contributed by atoms with E-state index in [1.807, 2.05) is 4.90 Å². The zero-order valence-electron chi connectivity index (χ0n) is 17.8. The minimum Gasteiger partial charge on any atom is -0.497 e. The van der Waals surface area contributed by atoms with Crippen LogP contribution >= 0.6 is 11.3 Å². The number of carbonyl (C=O) groups excluding carboxylic acids is 3. The molecule has 1 aromatic carbocycles. The number of carbonyl (C=O) groups is 3. The Morgan fingerprint density at radius 1 is 1.06 bits per heavy atom. The third-order valence-corrected chi connectivity index (χ3v) is 6.44. The number of ether oxygens (including phenoxy) is 2. The summed E-state index contributed by atoms with van der Waals surface area (Å²) in [6.07, 6.45) is 1.50. The Bertz CT molecular complexity index is 973. The highest BCUT2D eigenvalue weighted by Crippen LogP contribution is 2.23. The third-order valence-electron chi connectivity index (χ3n) is 5.53. The maximum Gasteiger partial charge on any atom is 0.286 e. The lowest BCUT2D eigenvalue weighted by molar-refractivity contribution is -0.141. The van der Waals surface area contributed by atoms with Crippen molar-refractivity contribution in [3.63, 3.8) is 0 Å². The van der Waals surface area contributed by atoms with Gasteiger partial charge in [0.05, 0.1) is 26.2 Å². The van der Waals surface area contributed by atoms with Crippen LogP contribution < -0.4 is 10.1 Å². The molecule has 0 aliphatic carbocycles. The summed E-state index contributed by atoms with van der Waals surface area (Å²) in [5.41, 5.74) is 0.583. The lowest BCUT2D eigenvalue weighted by Gasteiger charge is -2.35. The highest BCUT2D eigenvalue weighted by atomic mass is 32.1. The Morgan fingerprint density at radius 3 is 2.50 bits per heavy atom. The predicted molar refractivity (Wildman–Crippen MR) is 117 cm³/mol. The second kappa shape index (κ2) is 10.0. The number of likely N-dealkylation sites (tertiary alicyclic amines) is 1. The summed E-state index contributed by atoms with van der Waals surface area (Å²) in [5.74, 6) is -0.214. The Hall–Kier alpha value is -3.05. The summed E-state index contributed by atoms with van der Waals surface area (Å²) in [6.45, 7) is 3.18. The maximum atomic E-state index is 13.0. The first-order chi connectivity index (χ1) is 15.5. The van der Waals surface area contributed by atoms with Crippen LogP contribution in [0.1, 0.15) is 32.4 Å². The van der Waals surface area contributed by atoms with Crippen LogP contribution in [0, 0.1) is 5.92 Å². The summed E-state index contributed by atoms with van der Waals surface area (Å²) in [4.78, 5) is 41.7. The Labute approximate surface area is 189 Å². The third kappa shape index (κ3) is 5.05. The number of methoxy groups -OCH3 is 1. The van der Waals surface area contributed by atoms with E-state index in [0.717, 1.165) is 24.2 Å². The van der Waals surface area contributed by atoms with E-state index in [1.54, 1.807) is 36.3 Å². The second-order valence-corrected chi connectivity index (χ2v) is 8.60. The van der Waals surface area contributed by atoms with Crippen LogP contribution in [0.25, 0.3) is 0 Å². The molecule has 0 spiro atoms. The minimum absolute atomic E-state index is 0.0719. The fraction of sp³-hybridized carbons (Fsp3) is 0.476. The van der Waals surface area contributed by atoms with Crippen molar-refractivity contribution in [3.8, 4) is 5.75 Å². The van der Waals surface area contributed by atoms with Crippen molar-refractivity contribution in [1.29, 1.82) is 0 Å². The van der Waals surface area contributed by atoms with Crippen LogP contribution in [0.2, 0.25) is 0 Å². The van der Waals surface area contributed by atoms with E-state index in [2.05, 4.69) is 15.5 Å². The molecule has 0 radical (unpaired) electrons. The van der Waals surface area contributed by atoms with Crippen molar-refractivity contribution in [2.45, 2.75) is 12.8 Å². The van der Waals surface area contributed by atoms with E-state index in [1.165, 1.54) is 0 Å². The predicted octanol–water partition coefficient (Wildman–Crippen LogP) is 1.51. The van der Waals surface area contributed by atoms with Crippen LogP contribution in [0.4, 0.5) is 5.69 Å². The van der Waals surface area contributed by atoms with Crippen molar-refractivity contribution in [2.75, 3.05) is 51.8 Å². The van der Waals surface area contributed by atoms with Gasteiger partial charge in [-0.25, -0.2) is 0 Å². The Kier molecular flexibility index (Phi) is 6.96. The number of nitrogens with one attached hydrogen (secondary N) is 1. The number of nitrogens with zero attached hydrogens (tertiary/aromatic N) is 4. The number of amides is 3. The number of hydrogen-bond acceptors (Lipinski definition) is 8. The van der Waals surface area contributed by atoms with Gasteiger partial charge in [0.25, 0.3) is 11.8 Å². The number of rotatable bonds is 5. The zero-order chi connectivity index (χ0) is 22.5. The Morgan fingerprint density at radius 2 is 1.78 bits per heavy atom. The fourth-order valence-electron chi connectivity index (χ4n) is 3.80. The molecule has 1 aromatic heterocycles. The van der Waals surface area contributed by atoms with E-state index < -0.39 is 5.91 Å². The molecule has 4 rings (SSSR count). The largest absolute Gasteiger partial charge is 0.497 e. The van der Waals surface area contributed by atoms with Gasteiger partial charge in [-0.1, -0.05) is 11.3 Å². The van der Waals surface area contributed by atoms with Gasteiger partial charge in [0.2, 0.25) is 15.9 Å². The maximum absolute atomic E-state index is 13.0. The van der Waals surface area contributed by atoms with Crippen LogP contribution in [0.5, 0.6) is 5.75 Å². The van der Waals surface area contributed by atoms with Gasteiger partial charge in [-0.2, -0.15) is 0 Å². The van der Waals surface area contributed by atoms with Gasteiger partial charge in [-0.05, 0) is 37.1 Å². The van der Waals surface area contributed by atoms with Crippen molar-refractivity contribution >= 4 is 34.7 Å². The van der Waals surface area contributed by atoms with Gasteiger partial charge in [0, 0.05) is 31.9 Å². The van der Waals surface area contributed by atoms with Crippen molar-refractivity contribution in [2.24, 2.45) is 5.92 Å². The molecule has 1 N–H and O–H groups in total. The number of anilines is 1. The molecule has 0 saturated carbocycles. The van der Waals surface area contributed by atoms with Gasteiger partial charge >= 0.3 is 0 Å². The molecule has 11 heteroatoms. The minimum atomic E-state index is -0.439. The molecule has 2 aliphatic heterocycles. The molecule has 1 atom stereocenters.